The Bertz CT molecular complexity index is 349. The van der Waals surface area contributed by atoms with Crippen LogP contribution in [0.1, 0.15) is 6.92 Å². The molecule has 1 rings (SSSR count). The smallest absolute Gasteiger partial charge is 0.138 e. The lowest BCUT2D eigenvalue weighted by Crippen LogP contribution is -2.33. The Morgan fingerprint density at radius 1 is 1.47 bits per heavy atom. The highest BCUT2D eigenvalue weighted by Gasteiger charge is 2.03. The first-order chi connectivity index (χ1) is 8.13. The highest BCUT2D eigenvalue weighted by molar-refractivity contribution is 6.32. The summed E-state index contributed by atoms with van der Waals surface area (Å²) in [6.07, 6.45) is 0. The Labute approximate surface area is 106 Å². The molecule has 1 atom stereocenters. The molecule has 0 aliphatic carbocycles. The summed E-state index contributed by atoms with van der Waals surface area (Å²) >= 11 is 5.82. The number of halogens is 2. The molecule has 96 valence electrons. The predicted octanol–water partition coefficient (Wildman–Crippen LogP) is 2.48. The van der Waals surface area contributed by atoms with E-state index < -0.39 is 0 Å². The minimum Gasteiger partial charge on any atom is -0.491 e. The second kappa shape index (κ2) is 7.48. The van der Waals surface area contributed by atoms with Gasteiger partial charge in [-0.3, -0.25) is 0 Å². The van der Waals surface area contributed by atoms with Crippen molar-refractivity contribution in [2.45, 2.75) is 13.0 Å². The average Bonchev–Trinajstić information content (AvgIpc) is 2.27. The molecule has 17 heavy (non-hydrogen) atoms. The number of hydrogen-bond acceptors (Lipinski definition) is 3. The van der Waals surface area contributed by atoms with E-state index in [1.807, 2.05) is 6.92 Å². The zero-order chi connectivity index (χ0) is 12.7. The minimum atomic E-state index is -0.366. The van der Waals surface area contributed by atoms with Crippen LogP contribution in [0.25, 0.3) is 0 Å². The maximum Gasteiger partial charge on any atom is 0.138 e. The van der Waals surface area contributed by atoms with E-state index >= 15 is 0 Å². The molecule has 0 amide bonds. The monoisotopic (exact) mass is 261 g/mol. The molecule has 0 saturated heterocycles. The molecule has 0 saturated carbocycles. The number of methoxy groups -OCH3 is 1. The highest BCUT2D eigenvalue weighted by Crippen LogP contribution is 2.24. The fraction of sp³-hybridized carbons (Fsp3) is 0.500. The van der Waals surface area contributed by atoms with Crippen LogP contribution in [-0.4, -0.2) is 32.9 Å². The van der Waals surface area contributed by atoms with Gasteiger partial charge in [-0.1, -0.05) is 11.6 Å². The van der Waals surface area contributed by atoms with Gasteiger partial charge in [0.05, 0.1) is 11.6 Å². The van der Waals surface area contributed by atoms with Crippen molar-refractivity contribution < 1.29 is 13.9 Å². The maximum absolute atomic E-state index is 12.8. The van der Waals surface area contributed by atoms with Crippen LogP contribution in [0.3, 0.4) is 0 Å². The Kier molecular flexibility index (Phi) is 6.26. The van der Waals surface area contributed by atoms with Gasteiger partial charge in [0.2, 0.25) is 0 Å². The van der Waals surface area contributed by atoms with Crippen molar-refractivity contribution in [3.05, 3.63) is 29.0 Å². The molecule has 1 unspecified atom stereocenters. The second-order valence-corrected chi connectivity index (χ2v) is 4.14. The number of ether oxygens (including phenoxy) is 2. The van der Waals surface area contributed by atoms with Gasteiger partial charge < -0.3 is 14.8 Å². The molecule has 0 spiro atoms. The Hall–Kier alpha value is -0.840. The van der Waals surface area contributed by atoms with E-state index in [-0.39, 0.29) is 16.9 Å². The molecule has 0 aliphatic rings. The van der Waals surface area contributed by atoms with Crippen molar-refractivity contribution in [3.63, 3.8) is 0 Å². The first-order valence-electron chi connectivity index (χ1n) is 5.43. The summed E-state index contributed by atoms with van der Waals surface area (Å²) in [5.74, 6) is 0.128. The fourth-order valence-corrected chi connectivity index (χ4v) is 1.59. The lowest BCUT2D eigenvalue weighted by Gasteiger charge is -2.13. The Morgan fingerprint density at radius 2 is 2.24 bits per heavy atom. The molecule has 0 aromatic heterocycles. The van der Waals surface area contributed by atoms with Gasteiger partial charge in [0.25, 0.3) is 0 Å². The summed E-state index contributed by atoms with van der Waals surface area (Å²) < 4.78 is 23.2. The fourth-order valence-electron chi connectivity index (χ4n) is 1.37. The molecular weight excluding hydrogens is 245 g/mol. The highest BCUT2D eigenvalue weighted by atomic mass is 35.5. The van der Waals surface area contributed by atoms with Crippen molar-refractivity contribution in [2.24, 2.45) is 0 Å². The lowest BCUT2D eigenvalue weighted by molar-refractivity contribution is 0.169. The number of rotatable bonds is 7. The van der Waals surface area contributed by atoms with Gasteiger partial charge >= 0.3 is 0 Å². The van der Waals surface area contributed by atoms with Gasteiger partial charge in [-0.2, -0.15) is 0 Å². The first-order valence-corrected chi connectivity index (χ1v) is 5.81. The maximum atomic E-state index is 12.8. The van der Waals surface area contributed by atoms with Gasteiger partial charge in [0.1, 0.15) is 18.2 Å². The van der Waals surface area contributed by atoms with Crippen LogP contribution in [0.4, 0.5) is 4.39 Å². The molecule has 1 aromatic rings. The molecule has 0 radical (unpaired) electrons. The molecule has 0 fully saturated rings. The first kappa shape index (κ1) is 14.2. The van der Waals surface area contributed by atoms with E-state index in [0.29, 0.717) is 25.5 Å². The van der Waals surface area contributed by atoms with Crippen LogP contribution in [0.15, 0.2) is 18.2 Å². The molecule has 0 bridgehead atoms. The molecule has 5 heteroatoms. The minimum absolute atomic E-state index is 0.271. The van der Waals surface area contributed by atoms with Gasteiger partial charge in [-0.25, -0.2) is 4.39 Å². The normalized spacial score (nSPS) is 12.5. The van der Waals surface area contributed by atoms with E-state index in [9.17, 15) is 4.39 Å². The van der Waals surface area contributed by atoms with Gasteiger partial charge in [-0.15, -0.1) is 0 Å². The van der Waals surface area contributed by atoms with Crippen molar-refractivity contribution >= 4 is 11.6 Å². The third-order valence-electron chi connectivity index (χ3n) is 2.16. The van der Waals surface area contributed by atoms with Crippen LogP contribution in [0.5, 0.6) is 5.75 Å². The van der Waals surface area contributed by atoms with Crippen LogP contribution < -0.4 is 10.1 Å². The van der Waals surface area contributed by atoms with Crippen molar-refractivity contribution in [2.75, 3.05) is 26.9 Å². The summed E-state index contributed by atoms with van der Waals surface area (Å²) in [6.45, 7) is 3.82. The Morgan fingerprint density at radius 3 is 2.88 bits per heavy atom. The number of nitrogens with one attached hydrogen (secondary N) is 1. The summed E-state index contributed by atoms with van der Waals surface area (Å²) in [7, 11) is 1.66. The summed E-state index contributed by atoms with van der Waals surface area (Å²) in [4.78, 5) is 0. The molecular formula is C12H17ClFNO2. The standard InChI is InChI=1S/C12H17ClFNO2/c1-9(8-16-2)15-5-6-17-12-4-3-10(14)7-11(12)13/h3-4,7,9,15H,5-6,8H2,1-2H3. The van der Waals surface area contributed by atoms with Gasteiger partial charge in [-0.05, 0) is 25.1 Å². The largest absolute Gasteiger partial charge is 0.491 e. The van der Waals surface area contributed by atoms with Crippen molar-refractivity contribution in [1.29, 1.82) is 0 Å². The molecule has 1 N–H and O–H groups in total. The van der Waals surface area contributed by atoms with Gasteiger partial charge in [0, 0.05) is 19.7 Å². The van der Waals surface area contributed by atoms with E-state index in [2.05, 4.69) is 5.32 Å². The summed E-state index contributed by atoms with van der Waals surface area (Å²) in [5.41, 5.74) is 0. The Balaban J connectivity index is 2.26. The zero-order valence-electron chi connectivity index (χ0n) is 10.0. The van der Waals surface area contributed by atoms with Crippen LogP contribution >= 0.6 is 11.6 Å². The third kappa shape index (κ3) is 5.35. The molecule has 3 nitrogen and oxygen atoms in total. The third-order valence-corrected chi connectivity index (χ3v) is 2.46. The second-order valence-electron chi connectivity index (χ2n) is 3.73. The van der Waals surface area contributed by atoms with E-state index in [1.165, 1.54) is 18.2 Å². The topological polar surface area (TPSA) is 30.5 Å². The zero-order valence-corrected chi connectivity index (χ0v) is 10.8. The predicted molar refractivity (Wildman–Crippen MR) is 66.2 cm³/mol. The molecule has 0 heterocycles. The quantitative estimate of drug-likeness (QED) is 0.765. The van der Waals surface area contributed by atoms with Crippen LogP contribution in [0, 0.1) is 5.82 Å². The number of benzene rings is 1. The van der Waals surface area contributed by atoms with E-state index in [1.54, 1.807) is 7.11 Å². The van der Waals surface area contributed by atoms with E-state index in [4.69, 9.17) is 21.1 Å². The SMILES string of the molecule is COCC(C)NCCOc1ccc(F)cc1Cl. The average molecular weight is 262 g/mol. The number of hydrogen-bond donors (Lipinski definition) is 1. The summed E-state index contributed by atoms with van der Waals surface area (Å²) in [5, 5.41) is 3.50. The molecule has 0 aliphatic heterocycles. The lowest BCUT2D eigenvalue weighted by atomic mass is 10.3. The van der Waals surface area contributed by atoms with Crippen molar-refractivity contribution in [3.8, 4) is 5.75 Å². The summed E-state index contributed by atoms with van der Waals surface area (Å²) in [6, 6.07) is 4.35. The van der Waals surface area contributed by atoms with Crippen molar-refractivity contribution in [1.82, 2.24) is 5.32 Å². The van der Waals surface area contributed by atoms with E-state index in [0.717, 1.165) is 0 Å². The van der Waals surface area contributed by atoms with Gasteiger partial charge in [0.15, 0.2) is 0 Å². The van der Waals surface area contributed by atoms with Crippen LogP contribution in [0.2, 0.25) is 5.02 Å². The van der Waals surface area contributed by atoms with Crippen LogP contribution in [-0.2, 0) is 4.74 Å². The molecule has 1 aromatic carbocycles.